The zero-order valence-corrected chi connectivity index (χ0v) is 11.5. The number of aliphatic hydroxyl groups is 2. The Morgan fingerprint density at radius 1 is 1.42 bits per heavy atom. The number of rotatable bonds is 6. The summed E-state index contributed by atoms with van der Waals surface area (Å²) in [5.41, 5.74) is 1.80. The predicted octanol–water partition coefficient (Wildman–Crippen LogP) is 0.785. The van der Waals surface area contributed by atoms with E-state index in [0.29, 0.717) is 24.1 Å². The molecule has 0 saturated heterocycles. The first-order valence-electron chi connectivity index (χ1n) is 6.20. The largest absolute Gasteiger partial charge is 0.465 e. The summed E-state index contributed by atoms with van der Waals surface area (Å²) in [6, 6.07) is 4.88. The molecule has 0 aliphatic carbocycles. The fraction of sp³-hybridized carbons (Fsp3) is 0.500. The molecule has 2 atom stereocenters. The van der Waals surface area contributed by atoms with Gasteiger partial charge in [-0.25, -0.2) is 4.79 Å². The quantitative estimate of drug-likeness (QED) is 0.664. The van der Waals surface area contributed by atoms with Gasteiger partial charge in [-0.3, -0.25) is 0 Å². The summed E-state index contributed by atoms with van der Waals surface area (Å²) in [5.74, 6) is -0.417. The molecule has 2 unspecified atom stereocenters. The Kier molecular flexibility index (Phi) is 5.95. The number of carbonyl (C=O) groups excluding carboxylic acids is 1. The predicted molar refractivity (Wildman–Crippen MR) is 72.0 cm³/mol. The Morgan fingerprint density at radius 3 is 2.63 bits per heavy atom. The lowest BCUT2D eigenvalue weighted by molar-refractivity contribution is 0.0136. The van der Waals surface area contributed by atoms with Gasteiger partial charge in [-0.2, -0.15) is 0 Å². The molecule has 0 amide bonds. The molecule has 5 heteroatoms. The van der Waals surface area contributed by atoms with Gasteiger partial charge in [0.05, 0.1) is 18.8 Å². The maximum atomic E-state index is 11.4. The van der Waals surface area contributed by atoms with Crippen LogP contribution in [0.3, 0.4) is 0 Å². The first kappa shape index (κ1) is 15.6. The summed E-state index contributed by atoms with van der Waals surface area (Å²) in [5, 5.41) is 22.9. The minimum absolute atomic E-state index is 0.417. The number of aliphatic hydroxyl groups excluding tert-OH is 2. The van der Waals surface area contributed by atoms with Gasteiger partial charge in [-0.05, 0) is 50.2 Å². The van der Waals surface area contributed by atoms with Crippen molar-refractivity contribution in [2.24, 2.45) is 0 Å². The minimum Gasteiger partial charge on any atom is -0.465 e. The van der Waals surface area contributed by atoms with Crippen LogP contribution in [0.2, 0.25) is 0 Å². The summed E-state index contributed by atoms with van der Waals surface area (Å²) in [4.78, 5) is 11.4. The van der Waals surface area contributed by atoms with Gasteiger partial charge in [0, 0.05) is 0 Å². The van der Waals surface area contributed by atoms with Crippen molar-refractivity contribution in [3.8, 4) is 0 Å². The molecule has 5 nitrogen and oxygen atoms in total. The van der Waals surface area contributed by atoms with Gasteiger partial charge in [-0.1, -0.05) is 6.07 Å². The Bertz CT molecular complexity index is 433. The maximum absolute atomic E-state index is 11.4. The van der Waals surface area contributed by atoms with Crippen molar-refractivity contribution in [1.29, 1.82) is 0 Å². The van der Waals surface area contributed by atoms with Crippen molar-refractivity contribution in [3.05, 3.63) is 34.9 Å². The number of benzene rings is 1. The smallest absolute Gasteiger partial charge is 0.337 e. The monoisotopic (exact) mass is 267 g/mol. The van der Waals surface area contributed by atoms with Crippen molar-refractivity contribution in [3.63, 3.8) is 0 Å². The van der Waals surface area contributed by atoms with Crippen LogP contribution in [-0.4, -0.2) is 43.0 Å². The highest BCUT2D eigenvalue weighted by Gasteiger charge is 2.20. The third kappa shape index (κ3) is 4.02. The normalized spacial score (nSPS) is 13.9. The third-order valence-corrected chi connectivity index (χ3v) is 3.06. The van der Waals surface area contributed by atoms with Crippen LogP contribution in [0, 0.1) is 6.92 Å². The second-order valence-electron chi connectivity index (χ2n) is 4.47. The molecule has 1 aromatic carbocycles. The van der Waals surface area contributed by atoms with Gasteiger partial charge < -0.3 is 20.3 Å². The van der Waals surface area contributed by atoms with Crippen molar-refractivity contribution in [1.82, 2.24) is 5.32 Å². The van der Waals surface area contributed by atoms with E-state index in [-0.39, 0.29) is 0 Å². The van der Waals surface area contributed by atoms with E-state index in [4.69, 9.17) is 0 Å². The Morgan fingerprint density at radius 2 is 2.11 bits per heavy atom. The lowest BCUT2D eigenvalue weighted by Gasteiger charge is -2.20. The highest BCUT2D eigenvalue weighted by Crippen LogP contribution is 2.23. The number of methoxy groups -OCH3 is 1. The average Bonchev–Trinajstić information content (AvgIpc) is 2.42. The molecule has 0 spiro atoms. The SMILES string of the molecule is CNCCC(O)C(O)c1ccc(C(=O)OC)cc1C. The zero-order chi connectivity index (χ0) is 14.4. The Labute approximate surface area is 113 Å². The Hall–Kier alpha value is -1.43. The topological polar surface area (TPSA) is 78.8 Å². The van der Waals surface area contributed by atoms with Crippen LogP contribution in [-0.2, 0) is 4.74 Å². The molecule has 0 fully saturated rings. The van der Waals surface area contributed by atoms with E-state index in [9.17, 15) is 15.0 Å². The van der Waals surface area contributed by atoms with Crippen LogP contribution in [0.1, 0.15) is 34.0 Å². The van der Waals surface area contributed by atoms with E-state index in [2.05, 4.69) is 10.1 Å². The number of hydrogen-bond acceptors (Lipinski definition) is 5. The highest BCUT2D eigenvalue weighted by molar-refractivity contribution is 5.89. The van der Waals surface area contributed by atoms with Crippen LogP contribution in [0.5, 0.6) is 0 Å². The van der Waals surface area contributed by atoms with Crippen LogP contribution in [0.4, 0.5) is 0 Å². The van der Waals surface area contributed by atoms with Crippen molar-refractivity contribution in [2.75, 3.05) is 20.7 Å². The zero-order valence-electron chi connectivity index (χ0n) is 11.5. The van der Waals surface area contributed by atoms with E-state index < -0.39 is 18.2 Å². The molecular formula is C14H21NO4. The van der Waals surface area contributed by atoms with Crippen LogP contribution >= 0.6 is 0 Å². The van der Waals surface area contributed by atoms with Gasteiger partial charge in [0.1, 0.15) is 6.10 Å². The second kappa shape index (κ2) is 7.23. The molecule has 106 valence electrons. The maximum Gasteiger partial charge on any atom is 0.337 e. The summed E-state index contributed by atoms with van der Waals surface area (Å²) in [6.07, 6.45) is -1.34. The highest BCUT2D eigenvalue weighted by atomic mass is 16.5. The summed E-state index contributed by atoms with van der Waals surface area (Å²) in [6.45, 7) is 2.41. The molecule has 0 heterocycles. The summed E-state index contributed by atoms with van der Waals surface area (Å²) < 4.78 is 4.63. The fourth-order valence-electron chi connectivity index (χ4n) is 1.91. The van der Waals surface area contributed by atoms with Crippen LogP contribution in [0.25, 0.3) is 0 Å². The number of ether oxygens (including phenoxy) is 1. The molecule has 0 aliphatic rings. The minimum atomic E-state index is -0.958. The molecule has 0 aromatic heterocycles. The first-order valence-corrected chi connectivity index (χ1v) is 6.20. The number of aryl methyl sites for hydroxylation is 1. The molecule has 19 heavy (non-hydrogen) atoms. The standard InChI is InChI=1S/C14H21NO4/c1-9-8-10(14(18)19-3)4-5-11(9)13(17)12(16)6-7-15-2/h4-5,8,12-13,15-17H,6-7H2,1-3H3. The molecule has 0 aliphatic heterocycles. The molecule has 1 aromatic rings. The molecule has 1 rings (SSSR count). The van der Waals surface area contributed by atoms with E-state index in [0.717, 1.165) is 5.56 Å². The van der Waals surface area contributed by atoms with Crippen molar-refractivity contribution >= 4 is 5.97 Å². The second-order valence-corrected chi connectivity index (χ2v) is 4.47. The summed E-state index contributed by atoms with van der Waals surface area (Å²) in [7, 11) is 3.11. The molecule has 0 bridgehead atoms. The molecular weight excluding hydrogens is 246 g/mol. The van der Waals surface area contributed by atoms with Gasteiger partial charge in [-0.15, -0.1) is 0 Å². The van der Waals surface area contributed by atoms with Crippen LogP contribution in [0.15, 0.2) is 18.2 Å². The average molecular weight is 267 g/mol. The number of esters is 1. The van der Waals surface area contributed by atoms with Gasteiger partial charge >= 0.3 is 5.97 Å². The molecule has 0 radical (unpaired) electrons. The number of nitrogens with one attached hydrogen (secondary N) is 1. The van der Waals surface area contributed by atoms with Crippen molar-refractivity contribution in [2.45, 2.75) is 25.6 Å². The van der Waals surface area contributed by atoms with E-state index in [1.807, 2.05) is 0 Å². The first-order chi connectivity index (χ1) is 9.01. The van der Waals surface area contributed by atoms with Gasteiger partial charge in [0.15, 0.2) is 0 Å². The van der Waals surface area contributed by atoms with E-state index in [1.54, 1.807) is 32.2 Å². The summed E-state index contributed by atoms with van der Waals surface area (Å²) >= 11 is 0. The van der Waals surface area contributed by atoms with Crippen molar-refractivity contribution < 1.29 is 19.7 Å². The Balaban J connectivity index is 2.86. The van der Waals surface area contributed by atoms with E-state index >= 15 is 0 Å². The van der Waals surface area contributed by atoms with Gasteiger partial charge in [0.2, 0.25) is 0 Å². The molecule has 3 N–H and O–H groups in total. The lowest BCUT2D eigenvalue weighted by atomic mass is 9.96. The van der Waals surface area contributed by atoms with E-state index in [1.165, 1.54) is 7.11 Å². The lowest BCUT2D eigenvalue weighted by Crippen LogP contribution is -2.24. The number of hydrogen-bond donors (Lipinski definition) is 3. The fourth-order valence-corrected chi connectivity index (χ4v) is 1.91. The molecule has 0 saturated carbocycles. The van der Waals surface area contributed by atoms with Gasteiger partial charge in [0.25, 0.3) is 0 Å². The number of carbonyl (C=O) groups is 1. The third-order valence-electron chi connectivity index (χ3n) is 3.06. The van der Waals surface area contributed by atoms with Crippen LogP contribution < -0.4 is 5.32 Å².